The molecule has 0 radical (unpaired) electrons. The van der Waals surface area contributed by atoms with E-state index in [1.807, 2.05) is 24.3 Å². The molecule has 3 aromatic carbocycles. The van der Waals surface area contributed by atoms with E-state index in [0.29, 0.717) is 23.7 Å². The van der Waals surface area contributed by atoms with Crippen LogP contribution in [-0.4, -0.2) is 50.7 Å². The molecule has 0 amide bonds. The van der Waals surface area contributed by atoms with Gasteiger partial charge >= 0.3 is 0 Å². The summed E-state index contributed by atoms with van der Waals surface area (Å²) < 4.78 is 53.2. The summed E-state index contributed by atoms with van der Waals surface area (Å²) in [5.74, 6) is -1.61. The molecule has 4 nitrogen and oxygen atoms in total. The first-order valence-corrected chi connectivity index (χ1v) is 14.6. The summed E-state index contributed by atoms with van der Waals surface area (Å²) in [6, 6.07) is 19.0. The van der Waals surface area contributed by atoms with Gasteiger partial charge in [-0.3, -0.25) is 9.80 Å². The summed E-state index contributed by atoms with van der Waals surface area (Å²) in [6.07, 6.45) is 3.58. The molecular formula is C29H29ClF2N2O2S. The van der Waals surface area contributed by atoms with Crippen molar-refractivity contribution in [3.8, 4) is 0 Å². The summed E-state index contributed by atoms with van der Waals surface area (Å²) in [5.41, 5.74) is 4.07. The second-order valence-electron chi connectivity index (χ2n) is 9.95. The summed E-state index contributed by atoms with van der Waals surface area (Å²) in [7, 11) is -3.72. The molecule has 194 valence electrons. The molecule has 2 fully saturated rings. The number of halogens is 3. The van der Waals surface area contributed by atoms with Gasteiger partial charge in [0, 0.05) is 37.0 Å². The number of rotatable bonds is 7. The molecule has 5 rings (SSSR count). The molecular weight excluding hydrogens is 514 g/mol. The van der Waals surface area contributed by atoms with Crippen LogP contribution in [-0.2, 0) is 16.4 Å². The quantitative estimate of drug-likeness (QED) is 0.363. The third-order valence-corrected chi connectivity index (χ3v) is 8.57. The Kier molecular flexibility index (Phi) is 7.50. The van der Waals surface area contributed by atoms with Gasteiger partial charge < -0.3 is 0 Å². The number of benzene rings is 3. The average Bonchev–Trinajstić information content (AvgIpc) is 3.31. The van der Waals surface area contributed by atoms with Crippen LogP contribution in [0.3, 0.4) is 0 Å². The van der Waals surface area contributed by atoms with Crippen molar-refractivity contribution in [3.63, 3.8) is 0 Å². The van der Waals surface area contributed by atoms with E-state index in [-0.39, 0.29) is 16.5 Å². The molecule has 0 bridgehead atoms. The maximum atomic E-state index is 13.9. The van der Waals surface area contributed by atoms with Crippen LogP contribution in [0.2, 0.25) is 5.02 Å². The number of nitrogens with zero attached hydrogens (tertiary/aromatic N) is 2. The van der Waals surface area contributed by atoms with Crippen molar-refractivity contribution in [3.05, 3.63) is 111 Å². The Morgan fingerprint density at radius 2 is 1.43 bits per heavy atom. The van der Waals surface area contributed by atoms with Crippen molar-refractivity contribution in [2.75, 3.05) is 32.4 Å². The van der Waals surface area contributed by atoms with E-state index in [0.717, 1.165) is 55.2 Å². The number of sulfone groups is 1. The largest absolute Gasteiger partial charge is 0.299 e. The summed E-state index contributed by atoms with van der Waals surface area (Å²) >= 11 is 6.15. The molecule has 0 unspecified atom stereocenters. The minimum absolute atomic E-state index is 0.00188. The predicted molar refractivity (Wildman–Crippen MR) is 144 cm³/mol. The molecule has 8 heteroatoms. The lowest BCUT2D eigenvalue weighted by atomic mass is 9.91. The second kappa shape index (κ2) is 10.7. The van der Waals surface area contributed by atoms with Gasteiger partial charge in [0.25, 0.3) is 0 Å². The van der Waals surface area contributed by atoms with Crippen LogP contribution in [0.1, 0.15) is 41.1 Å². The Bertz CT molecular complexity index is 1390. The topological polar surface area (TPSA) is 40.6 Å². The minimum Gasteiger partial charge on any atom is -0.299 e. The number of hydrogen-bond acceptors (Lipinski definition) is 4. The number of likely N-dealkylation sites (tertiary alicyclic amines) is 2. The first-order chi connectivity index (χ1) is 17.7. The van der Waals surface area contributed by atoms with E-state index in [1.165, 1.54) is 18.4 Å². The molecule has 0 aliphatic carbocycles. The Labute approximate surface area is 222 Å². The van der Waals surface area contributed by atoms with E-state index in [1.54, 1.807) is 0 Å². The van der Waals surface area contributed by atoms with Crippen LogP contribution < -0.4 is 0 Å². The Balaban J connectivity index is 1.46. The van der Waals surface area contributed by atoms with Crippen molar-refractivity contribution in [2.45, 2.75) is 25.4 Å². The minimum atomic E-state index is -3.72. The standard InChI is InChI=1S/C29H29ClF2N2O2S/c1-37(35,36)29(23-14-26(31)16-27(32)15-23)24-18-34(19-24)28(22-8-10-25(30)11-9-22)21-6-4-20(5-7-21)17-33-12-2-3-13-33/h4-11,14-16,28H,2-3,12-13,17-19H2,1H3/t28-/m0/s1. The van der Waals surface area contributed by atoms with Gasteiger partial charge in [0.2, 0.25) is 0 Å². The summed E-state index contributed by atoms with van der Waals surface area (Å²) in [4.78, 5) is 4.62. The first kappa shape index (κ1) is 26.0. The fourth-order valence-corrected chi connectivity index (χ4v) is 6.72. The maximum Gasteiger partial charge on any atom is 0.176 e. The highest BCUT2D eigenvalue weighted by atomic mass is 35.5. The monoisotopic (exact) mass is 542 g/mol. The van der Waals surface area contributed by atoms with Crippen LogP contribution >= 0.6 is 11.6 Å². The highest BCUT2D eigenvalue weighted by Crippen LogP contribution is 2.39. The normalized spacial score (nSPS) is 17.6. The molecule has 2 heterocycles. The summed E-state index contributed by atoms with van der Waals surface area (Å²) in [5, 5.41) is 0.639. The zero-order valence-electron chi connectivity index (χ0n) is 20.6. The van der Waals surface area contributed by atoms with E-state index in [4.69, 9.17) is 11.6 Å². The van der Waals surface area contributed by atoms with Crippen molar-refractivity contribution in [1.82, 2.24) is 9.80 Å². The van der Waals surface area contributed by atoms with Crippen LogP contribution in [0.4, 0.5) is 8.78 Å². The smallest absolute Gasteiger partial charge is 0.176 e. The first-order valence-electron chi connectivity index (χ1n) is 12.4. The predicted octanol–water partition coefficient (Wildman–Crippen LogP) is 6.07. The van der Waals surface area contributed by atoms with Crippen LogP contribution in [0.5, 0.6) is 0 Å². The van der Waals surface area contributed by atoms with Gasteiger partial charge in [0.1, 0.15) is 11.6 Å². The lowest BCUT2D eigenvalue weighted by Crippen LogP contribution is -2.44. The average molecular weight is 543 g/mol. The molecule has 0 N–H and O–H groups in total. The Morgan fingerprint density at radius 3 is 1.97 bits per heavy atom. The van der Waals surface area contributed by atoms with Gasteiger partial charge in [0.05, 0.1) is 10.9 Å². The lowest BCUT2D eigenvalue weighted by Gasteiger charge is -2.42. The Morgan fingerprint density at radius 1 is 0.892 bits per heavy atom. The molecule has 2 aliphatic rings. The van der Waals surface area contributed by atoms with Crippen molar-refractivity contribution < 1.29 is 17.2 Å². The molecule has 3 aromatic rings. The third-order valence-electron chi connectivity index (χ3n) is 7.06. The second-order valence-corrected chi connectivity index (χ2v) is 12.3. The van der Waals surface area contributed by atoms with Gasteiger partial charge in [-0.15, -0.1) is 0 Å². The molecule has 2 aliphatic heterocycles. The summed E-state index contributed by atoms with van der Waals surface area (Å²) in [6.45, 7) is 3.93. The molecule has 2 saturated heterocycles. The molecule has 37 heavy (non-hydrogen) atoms. The third kappa shape index (κ3) is 5.96. The van der Waals surface area contributed by atoms with Crippen molar-refractivity contribution >= 4 is 26.3 Å². The van der Waals surface area contributed by atoms with Gasteiger partial charge in [-0.25, -0.2) is 17.2 Å². The zero-order chi connectivity index (χ0) is 26.2. The van der Waals surface area contributed by atoms with Crippen LogP contribution in [0.15, 0.2) is 72.3 Å². The highest BCUT2D eigenvalue weighted by Gasteiger charge is 2.35. The highest BCUT2D eigenvalue weighted by molar-refractivity contribution is 8.00. The van der Waals surface area contributed by atoms with Crippen LogP contribution in [0.25, 0.3) is 4.91 Å². The number of hydrogen-bond donors (Lipinski definition) is 0. The van der Waals surface area contributed by atoms with Gasteiger partial charge in [0.15, 0.2) is 9.84 Å². The Hall–Kier alpha value is -2.58. The van der Waals surface area contributed by atoms with Crippen LogP contribution in [0, 0.1) is 11.6 Å². The zero-order valence-corrected chi connectivity index (χ0v) is 22.2. The van der Waals surface area contributed by atoms with E-state index >= 15 is 0 Å². The molecule has 0 aromatic heterocycles. The van der Waals surface area contributed by atoms with Crippen molar-refractivity contribution in [1.29, 1.82) is 0 Å². The van der Waals surface area contributed by atoms with Crippen molar-refractivity contribution in [2.24, 2.45) is 0 Å². The molecule has 0 spiro atoms. The maximum absolute atomic E-state index is 13.9. The molecule has 0 saturated carbocycles. The lowest BCUT2D eigenvalue weighted by molar-refractivity contribution is 0.203. The SMILES string of the molecule is CS(=O)(=O)C(=C1CN([C@H](c2ccc(Cl)cc2)c2ccc(CN3CCCC3)cc2)C1)c1cc(F)cc(F)c1. The van der Waals surface area contributed by atoms with E-state index in [2.05, 4.69) is 34.1 Å². The van der Waals surface area contributed by atoms with E-state index < -0.39 is 21.5 Å². The van der Waals surface area contributed by atoms with Gasteiger partial charge in [-0.1, -0.05) is 48.0 Å². The fraction of sp³-hybridized carbons (Fsp3) is 0.310. The fourth-order valence-electron chi connectivity index (χ4n) is 5.40. The molecule has 1 atom stereocenters. The van der Waals surface area contributed by atoms with Gasteiger partial charge in [-0.05, 0) is 78.0 Å². The van der Waals surface area contributed by atoms with E-state index in [9.17, 15) is 17.2 Å². The van der Waals surface area contributed by atoms with Gasteiger partial charge in [-0.2, -0.15) is 0 Å².